The van der Waals surface area contributed by atoms with Gasteiger partial charge in [-0.2, -0.15) is 0 Å². The van der Waals surface area contributed by atoms with E-state index in [2.05, 4.69) is 10.1 Å². The van der Waals surface area contributed by atoms with Gasteiger partial charge < -0.3 is 20.1 Å². The Morgan fingerprint density at radius 2 is 1.95 bits per heavy atom. The van der Waals surface area contributed by atoms with Crippen LogP contribution < -0.4 is 5.32 Å². The van der Waals surface area contributed by atoms with Crippen molar-refractivity contribution in [1.82, 2.24) is 10.2 Å². The van der Waals surface area contributed by atoms with Crippen molar-refractivity contribution < 1.29 is 24.2 Å². The standard InChI is InChI=1S/C14H22N2O5/c1-8(2)10(15-13(20)21-3)11(17)16-7-14(4-5-14)6-9(16)12(18)19/h8-10H,4-7H2,1-3H3,(H,15,20)(H,18,19)/t9-,10?/m0/s1. The summed E-state index contributed by atoms with van der Waals surface area (Å²) in [5.41, 5.74) is -0.00842. The Hall–Kier alpha value is -1.79. The highest BCUT2D eigenvalue weighted by Crippen LogP contribution is 2.54. The third-order valence-corrected chi connectivity index (χ3v) is 4.43. The summed E-state index contributed by atoms with van der Waals surface area (Å²) in [6.07, 6.45) is 1.76. The number of likely N-dealkylation sites (tertiary alicyclic amines) is 1. The minimum Gasteiger partial charge on any atom is -0.480 e. The summed E-state index contributed by atoms with van der Waals surface area (Å²) in [5, 5.41) is 11.8. The Morgan fingerprint density at radius 1 is 1.33 bits per heavy atom. The molecule has 0 aromatic rings. The molecule has 2 aliphatic rings. The maximum atomic E-state index is 12.7. The molecule has 1 aliphatic heterocycles. The maximum Gasteiger partial charge on any atom is 0.407 e. The van der Waals surface area contributed by atoms with Gasteiger partial charge in [-0.05, 0) is 30.6 Å². The molecule has 2 rings (SSSR count). The minimum absolute atomic E-state index is 0.00842. The van der Waals surface area contributed by atoms with Crippen LogP contribution in [0.25, 0.3) is 0 Å². The normalized spacial score (nSPS) is 24.0. The third kappa shape index (κ3) is 3.11. The molecule has 1 heterocycles. The number of hydrogen-bond donors (Lipinski definition) is 2. The Labute approximate surface area is 123 Å². The summed E-state index contributed by atoms with van der Waals surface area (Å²) in [6, 6.07) is -1.56. The summed E-state index contributed by atoms with van der Waals surface area (Å²) in [4.78, 5) is 36.9. The van der Waals surface area contributed by atoms with E-state index in [-0.39, 0.29) is 17.2 Å². The number of carboxylic acids is 1. The second-order valence-corrected chi connectivity index (χ2v) is 6.38. The van der Waals surface area contributed by atoms with Crippen LogP contribution in [-0.2, 0) is 14.3 Å². The van der Waals surface area contributed by atoms with Crippen LogP contribution in [0, 0.1) is 11.3 Å². The fraction of sp³-hybridized carbons (Fsp3) is 0.786. The van der Waals surface area contributed by atoms with Crippen molar-refractivity contribution >= 4 is 18.0 Å². The summed E-state index contributed by atoms with van der Waals surface area (Å²) in [5.74, 6) is -1.47. The first-order valence-electron chi connectivity index (χ1n) is 7.17. The van der Waals surface area contributed by atoms with Gasteiger partial charge in [0.1, 0.15) is 12.1 Å². The van der Waals surface area contributed by atoms with E-state index in [9.17, 15) is 19.5 Å². The largest absolute Gasteiger partial charge is 0.480 e. The van der Waals surface area contributed by atoms with Crippen molar-refractivity contribution in [2.75, 3.05) is 13.7 Å². The Morgan fingerprint density at radius 3 is 2.38 bits per heavy atom. The van der Waals surface area contributed by atoms with Crippen molar-refractivity contribution in [3.63, 3.8) is 0 Å². The fourth-order valence-electron chi connectivity index (χ4n) is 2.93. The topological polar surface area (TPSA) is 95.9 Å². The van der Waals surface area contributed by atoms with Gasteiger partial charge in [-0.25, -0.2) is 9.59 Å². The summed E-state index contributed by atoms with van der Waals surface area (Å²) >= 11 is 0. The predicted molar refractivity (Wildman–Crippen MR) is 73.6 cm³/mol. The number of carbonyl (C=O) groups is 3. The molecule has 2 atom stereocenters. The molecular weight excluding hydrogens is 276 g/mol. The molecule has 1 unspecified atom stereocenters. The number of nitrogens with zero attached hydrogens (tertiary/aromatic N) is 1. The molecule has 0 bridgehead atoms. The first-order chi connectivity index (χ1) is 9.79. The minimum atomic E-state index is -0.979. The molecule has 1 saturated heterocycles. The zero-order valence-electron chi connectivity index (χ0n) is 12.6. The van der Waals surface area contributed by atoms with Crippen molar-refractivity contribution in [2.45, 2.75) is 45.2 Å². The molecule has 1 saturated carbocycles. The lowest BCUT2D eigenvalue weighted by Crippen LogP contribution is -2.53. The van der Waals surface area contributed by atoms with Gasteiger partial charge >= 0.3 is 12.1 Å². The van der Waals surface area contributed by atoms with Gasteiger partial charge in [0.2, 0.25) is 5.91 Å². The van der Waals surface area contributed by atoms with Gasteiger partial charge in [0.15, 0.2) is 0 Å². The van der Waals surface area contributed by atoms with E-state index in [4.69, 9.17) is 0 Å². The Kier molecular flexibility index (Phi) is 4.11. The van der Waals surface area contributed by atoms with E-state index in [1.165, 1.54) is 12.0 Å². The Bertz CT molecular complexity index is 458. The van der Waals surface area contributed by atoms with Crippen molar-refractivity contribution in [2.24, 2.45) is 11.3 Å². The molecule has 1 spiro atoms. The van der Waals surface area contributed by atoms with Gasteiger partial charge in [-0.3, -0.25) is 4.79 Å². The van der Waals surface area contributed by atoms with E-state index < -0.39 is 24.1 Å². The van der Waals surface area contributed by atoms with E-state index in [1.54, 1.807) is 13.8 Å². The van der Waals surface area contributed by atoms with E-state index >= 15 is 0 Å². The van der Waals surface area contributed by atoms with E-state index in [1.807, 2.05) is 0 Å². The van der Waals surface area contributed by atoms with Crippen LogP contribution in [0.1, 0.15) is 33.1 Å². The van der Waals surface area contributed by atoms with E-state index in [0.717, 1.165) is 12.8 Å². The van der Waals surface area contributed by atoms with Crippen molar-refractivity contribution in [1.29, 1.82) is 0 Å². The van der Waals surface area contributed by atoms with E-state index in [0.29, 0.717) is 13.0 Å². The monoisotopic (exact) mass is 298 g/mol. The van der Waals surface area contributed by atoms with Crippen molar-refractivity contribution in [3.8, 4) is 0 Å². The van der Waals surface area contributed by atoms with Crippen LogP contribution >= 0.6 is 0 Å². The number of carbonyl (C=O) groups excluding carboxylic acids is 2. The number of rotatable bonds is 4. The number of ether oxygens (including phenoxy) is 1. The quantitative estimate of drug-likeness (QED) is 0.801. The van der Waals surface area contributed by atoms with Gasteiger partial charge in [0, 0.05) is 6.54 Å². The maximum absolute atomic E-state index is 12.7. The fourth-order valence-corrected chi connectivity index (χ4v) is 2.93. The molecular formula is C14H22N2O5. The Balaban J connectivity index is 2.15. The highest BCUT2D eigenvalue weighted by Gasteiger charge is 2.56. The number of aliphatic carboxylic acids is 1. The number of nitrogens with one attached hydrogen (secondary N) is 1. The highest BCUT2D eigenvalue weighted by atomic mass is 16.5. The first-order valence-corrected chi connectivity index (χ1v) is 7.17. The second kappa shape index (κ2) is 5.54. The van der Waals surface area contributed by atoms with Gasteiger partial charge in [0.05, 0.1) is 7.11 Å². The van der Waals surface area contributed by atoms with Crippen LogP contribution in [-0.4, -0.2) is 53.7 Å². The molecule has 2 fully saturated rings. The van der Waals surface area contributed by atoms with Crippen LogP contribution in [0.4, 0.5) is 4.79 Å². The first kappa shape index (κ1) is 15.6. The second-order valence-electron chi connectivity index (χ2n) is 6.38. The van der Waals surface area contributed by atoms with Crippen molar-refractivity contribution in [3.05, 3.63) is 0 Å². The molecule has 118 valence electrons. The average Bonchev–Trinajstić information content (AvgIpc) is 3.05. The number of amides is 2. The lowest BCUT2D eigenvalue weighted by Gasteiger charge is -2.29. The lowest BCUT2D eigenvalue weighted by molar-refractivity contribution is -0.149. The number of carboxylic acid groups (broad SMARTS) is 1. The zero-order chi connectivity index (χ0) is 15.8. The molecule has 1 aliphatic carbocycles. The molecule has 21 heavy (non-hydrogen) atoms. The zero-order valence-corrected chi connectivity index (χ0v) is 12.6. The molecule has 7 heteroatoms. The third-order valence-electron chi connectivity index (χ3n) is 4.43. The molecule has 2 N–H and O–H groups in total. The van der Waals surface area contributed by atoms with Crippen LogP contribution in [0.3, 0.4) is 0 Å². The molecule has 7 nitrogen and oxygen atoms in total. The molecule has 0 aromatic carbocycles. The molecule has 0 aromatic heterocycles. The highest BCUT2D eigenvalue weighted by molar-refractivity contribution is 5.90. The SMILES string of the molecule is COC(=O)NC(C(=O)N1CC2(CC2)C[C@H]1C(=O)O)C(C)C. The van der Waals surface area contributed by atoms with Gasteiger partial charge in [-0.1, -0.05) is 13.8 Å². The number of alkyl carbamates (subject to hydrolysis) is 1. The van der Waals surface area contributed by atoms with Crippen LogP contribution in [0.5, 0.6) is 0 Å². The number of methoxy groups -OCH3 is 1. The molecule has 0 radical (unpaired) electrons. The summed E-state index contributed by atoms with van der Waals surface area (Å²) in [6.45, 7) is 4.07. The van der Waals surface area contributed by atoms with Crippen LogP contribution in [0.15, 0.2) is 0 Å². The molecule has 2 amide bonds. The number of hydrogen-bond acceptors (Lipinski definition) is 4. The van der Waals surface area contributed by atoms with Gasteiger partial charge in [0.25, 0.3) is 0 Å². The van der Waals surface area contributed by atoms with Crippen LogP contribution in [0.2, 0.25) is 0 Å². The average molecular weight is 298 g/mol. The predicted octanol–water partition coefficient (Wildman–Crippen LogP) is 0.833. The lowest BCUT2D eigenvalue weighted by atomic mass is 10.0. The smallest absolute Gasteiger partial charge is 0.407 e. The summed E-state index contributed by atoms with van der Waals surface area (Å²) < 4.78 is 4.53. The summed E-state index contributed by atoms with van der Waals surface area (Å²) in [7, 11) is 1.23. The van der Waals surface area contributed by atoms with Gasteiger partial charge in [-0.15, -0.1) is 0 Å².